The first-order valence-electron chi connectivity index (χ1n) is 3.34. The van der Waals surface area contributed by atoms with E-state index in [1.807, 2.05) is 24.3 Å². The zero-order valence-electron chi connectivity index (χ0n) is 5.76. The Balaban J connectivity index is 2.91. The molecular weight excluding hydrogens is 156 g/mol. The fourth-order valence-electron chi connectivity index (χ4n) is 1.04. The highest BCUT2D eigenvalue weighted by Crippen LogP contribution is 2.21. The van der Waals surface area contributed by atoms with Crippen LogP contribution in [0.25, 0.3) is 10.8 Å². The summed E-state index contributed by atoms with van der Waals surface area (Å²) >= 11 is 5.92. The van der Waals surface area contributed by atoms with Gasteiger partial charge < -0.3 is 0 Å². The summed E-state index contributed by atoms with van der Waals surface area (Å²) in [5, 5.41) is 2.72. The van der Waals surface area contributed by atoms with E-state index in [1.165, 1.54) is 0 Å². The SMILES string of the molecule is Clc1cc[c]c2[c]cccc12. The van der Waals surface area contributed by atoms with Crippen molar-refractivity contribution in [3.05, 3.63) is 47.5 Å². The lowest BCUT2D eigenvalue weighted by molar-refractivity contribution is 1.73. The monoisotopic (exact) mass is 160 g/mol. The summed E-state index contributed by atoms with van der Waals surface area (Å²) in [6.07, 6.45) is 0. The van der Waals surface area contributed by atoms with Gasteiger partial charge in [-0.15, -0.1) is 0 Å². The third-order valence-corrected chi connectivity index (χ3v) is 1.90. The van der Waals surface area contributed by atoms with Gasteiger partial charge in [0.05, 0.1) is 0 Å². The number of rotatable bonds is 0. The van der Waals surface area contributed by atoms with Gasteiger partial charge in [-0.3, -0.25) is 0 Å². The van der Waals surface area contributed by atoms with Crippen molar-refractivity contribution in [1.29, 1.82) is 0 Å². The molecule has 11 heavy (non-hydrogen) atoms. The molecular formula is C10H5Cl. The van der Waals surface area contributed by atoms with Crippen molar-refractivity contribution >= 4 is 22.4 Å². The van der Waals surface area contributed by atoms with Gasteiger partial charge in [-0.05, 0) is 23.6 Å². The van der Waals surface area contributed by atoms with Crippen LogP contribution in [-0.4, -0.2) is 0 Å². The minimum Gasteiger partial charge on any atom is -0.0837 e. The summed E-state index contributed by atoms with van der Waals surface area (Å²) in [7, 11) is 0. The molecule has 0 saturated heterocycles. The van der Waals surface area contributed by atoms with Crippen LogP contribution >= 0.6 is 11.6 Å². The molecule has 0 unspecified atom stereocenters. The average Bonchev–Trinajstić information content (AvgIpc) is 2.06. The predicted molar refractivity (Wildman–Crippen MR) is 46.6 cm³/mol. The largest absolute Gasteiger partial charge is 0.0837 e. The Kier molecular flexibility index (Phi) is 1.55. The Morgan fingerprint density at radius 2 is 1.91 bits per heavy atom. The Morgan fingerprint density at radius 1 is 1.09 bits per heavy atom. The smallest absolute Gasteiger partial charge is 0.0485 e. The molecule has 0 atom stereocenters. The van der Waals surface area contributed by atoms with Crippen LogP contribution in [0, 0.1) is 12.1 Å². The van der Waals surface area contributed by atoms with E-state index < -0.39 is 0 Å². The normalized spacial score (nSPS) is 10.3. The zero-order chi connectivity index (χ0) is 7.68. The van der Waals surface area contributed by atoms with Crippen molar-refractivity contribution in [2.75, 3.05) is 0 Å². The summed E-state index contributed by atoms with van der Waals surface area (Å²) in [5.41, 5.74) is 0. The second-order valence-electron chi connectivity index (χ2n) is 2.28. The van der Waals surface area contributed by atoms with Gasteiger partial charge in [0, 0.05) is 10.4 Å². The molecule has 0 amide bonds. The van der Waals surface area contributed by atoms with E-state index in [0.717, 1.165) is 15.8 Å². The summed E-state index contributed by atoms with van der Waals surface area (Å²) < 4.78 is 0. The van der Waals surface area contributed by atoms with Crippen LogP contribution in [0.2, 0.25) is 5.02 Å². The highest BCUT2D eigenvalue weighted by atomic mass is 35.5. The fraction of sp³-hybridized carbons (Fsp3) is 0. The molecule has 0 spiro atoms. The molecule has 52 valence electrons. The number of halogens is 1. The first kappa shape index (κ1) is 6.68. The van der Waals surface area contributed by atoms with Crippen LogP contribution in [-0.2, 0) is 0 Å². The van der Waals surface area contributed by atoms with E-state index in [9.17, 15) is 0 Å². The van der Waals surface area contributed by atoms with Gasteiger partial charge in [0.2, 0.25) is 0 Å². The van der Waals surface area contributed by atoms with Gasteiger partial charge in [0.15, 0.2) is 0 Å². The Hall–Kier alpha value is -1.01. The van der Waals surface area contributed by atoms with E-state index in [4.69, 9.17) is 11.6 Å². The fourth-order valence-corrected chi connectivity index (χ4v) is 1.26. The van der Waals surface area contributed by atoms with Crippen LogP contribution in [0.3, 0.4) is 0 Å². The molecule has 2 rings (SSSR count). The van der Waals surface area contributed by atoms with Gasteiger partial charge in [0.1, 0.15) is 0 Å². The Bertz CT molecular complexity index is 374. The van der Waals surface area contributed by atoms with Crippen molar-refractivity contribution in [3.63, 3.8) is 0 Å². The van der Waals surface area contributed by atoms with Crippen LogP contribution in [0.1, 0.15) is 0 Å². The molecule has 0 fully saturated rings. The lowest BCUT2D eigenvalue weighted by Crippen LogP contribution is -1.72. The third-order valence-electron chi connectivity index (χ3n) is 1.57. The van der Waals surface area contributed by atoms with Crippen molar-refractivity contribution in [3.8, 4) is 0 Å². The van der Waals surface area contributed by atoms with Crippen LogP contribution in [0.5, 0.6) is 0 Å². The molecule has 2 aromatic carbocycles. The van der Waals surface area contributed by atoms with Gasteiger partial charge in [-0.25, -0.2) is 0 Å². The highest BCUT2D eigenvalue weighted by Gasteiger charge is 1.94. The topological polar surface area (TPSA) is 0 Å². The molecule has 0 nitrogen and oxygen atoms in total. The third kappa shape index (κ3) is 1.10. The lowest BCUT2D eigenvalue weighted by atomic mass is 10.1. The molecule has 0 aliphatic carbocycles. The minimum absolute atomic E-state index is 0.760. The van der Waals surface area contributed by atoms with Gasteiger partial charge in [-0.1, -0.05) is 35.9 Å². The quantitative estimate of drug-likeness (QED) is 0.556. The van der Waals surface area contributed by atoms with Gasteiger partial charge in [0.25, 0.3) is 0 Å². The first-order chi connectivity index (χ1) is 5.38. The van der Waals surface area contributed by atoms with E-state index in [0.29, 0.717) is 0 Å². The lowest BCUT2D eigenvalue weighted by Gasteiger charge is -1.96. The molecule has 1 heteroatoms. The molecule has 0 bridgehead atoms. The van der Waals surface area contributed by atoms with Crippen LogP contribution in [0.4, 0.5) is 0 Å². The maximum absolute atomic E-state index is 5.92. The van der Waals surface area contributed by atoms with Crippen molar-refractivity contribution in [1.82, 2.24) is 0 Å². The van der Waals surface area contributed by atoms with E-state index >= 15 is 0 Å². The minimum atomic E-state index is 0.760. The summed E-state index contributed by atoms with van der Waals surface area (Å²) in [4.78, 5) is 0. The van der Waals surface area contributed by atoms with Crippen LogP contribution < -0.4 is 0 Å². The highest BCUT2D eigenvalue weighted by molar-refractivity contribution is 6.35. The molecule has 0 saturated carbocycles. The Morgan fingerprint density at radius 3 is 2.73 bits per heavy atom. The second-order valence-corrected chi connectivity index (χ2v) is 2.69. The van der Waals surface area contributed by atoms with E-state index in [2.05, 4.69) is 12.1 Å². The molecule has 2 radical (unpaired) electrons. The molecule has 0 aromatic heterocycles. The zero-order valence-corrected chi connectivity index (χ0v) is 6.52. The number of fused-ring (bicyclic) bond motifs is 1. The van der Waals surface area contributed by atoms with Crippen molar-refractivity contribution in [2.45, 2.75) is 0 Å². The number of benzene rings is 2. The van der Waals surface area contributed by atoms with E-state index in [1.54, 1.807) is 6.07 Å². The Labute approximate surface area is 70.4 Å². The standard InChI is InChI=1S/C10H5Cl/c11-10-7-3-5-8-4-1-2-6-9(8)10/h1-3,6-7H. The molecule has 0 heterocycles. The molecule has 0 N–H and O–H groups in total. The molecule has 2 aromatic rings. The predicted octanol–water partition coefficient (Wildman–Crippen LogP) is 3.09. The van der Waals surface area contributed by atoms with Crippen molar-refractivity contribution in [2.24, 2.45) is 0 Å². The molecule has 0 aliphatic heterocycles. The maximum atomic E-state index is 5.92. The van der Waals surface area contributed by atoms with Crippen molar-refractivity contribution < 1.29 is 0 Å². The second kappa shape index (κ2) is 2.55. The summed E-state index contributed by atoms with van der Waals surface area (Å²) in [5.74, 6) is 0. The number of hydrogen-bond acceptors (Lipinski definition) is 0. The molecule has 0 aliphatic rings. The summed E-state index contributed by atoms with van der Waals surface area (Å²) in [6, 6.07) is 15.5. The first-order valence-corrected chi connectivity index (χ1v) is 3.72. The average molecular weight is 161 g/mol. The van der Waals surface area contributed by atoms with Gasteiger partial charge in [-0.2, -0.15) is 0 Å². The maximum Gasteiger partial charge on any atom is 0.0485 e. The number of hydrogen-bond donors (Lipinski definition) is 0. The van der Waals surface area contributed by atoms with Crippen LogP contribution in [0.15, 0.2) is 30.3 Å². The summed E-state index contributed by atoms with van der Waals surface area (Å²) in [6.45, 7) is 0. The van der Waals surface area contributed by atoms with Gasteiger partial charge >= 0.3 is 0 Å². The van der Waals surface area contributed by atoms with E-state index in [-0.39, 0.29) is 0 Å².